The van der Waals surface area contributed by atoms with Crippen molar-refractivity contribution in [3.8, 4) is 0 Å². The summed E-state index contributed by atoms with van der Waals surface area (Å²) in [6.45, 7) is 7.07. The number of carbonyl (C=O) groups excluding carboxylic acids is 2. The molecule has 3 aliphatic carbocycles. The van der Waals surface area contributed by atoms with Crippen LogP contribution in [0.2, 0.25) is 0 Å². The van der Waals surface area contributed by atoms with Crippen molar-refractivity contribution in [2.24, 2.45) is 28.1 Å². The average Bonchev–Trinajstić information content (AvgIpc) is 2.64. The Morgan fingerprint density at radius 1 is 1.13 bits per heavy atom. The zero-order valence-electron chi connectivity index (χ0n) is 14.7. The van der Waals surface area contributed by atoms with Crippen molar-refractivity contribution in [2.45, 2.75) is 71.8 Å². The fourth-order valence-electron chi connectivity index (χ4n) is 6.46. The van der Waals surface area contributed by atoms with Gasteiger partial charge in [-0.05, 0) is 60.3 Å². The van der Waals surface area contributed by atoms with E-state index in [9.17, 15) is 14.7 Å². The van der Waals surface area contributed by atoms with Crippen molar-refractivity contribution in [1.82, 2.24) is 0 Å². The van der Waals surface area contributed by atoms with Crippen LogP contribution in [-0.2, 0) is 9.59 Å². The Labute approximate surface area is 139 Å². The SMILES string of the molecule is CC1(C)CCC[C@@]2(C)C1CC[C@@]1(C=O)[C@H](O)CC(C=O)=CC[C@@H]12. The number of aliphatic hydroxyl groups excluding tert-OH is 1. The summed E-state index contributed by atoms with van der Waals surface area (Å²) in [5.41, 5.74) is 0.330. The Morgan fingerprint density at radius 3 is 2.52 bits per heavy atom. The van der Waals surface area contributed by atoms with Crippen molar-refractivity contribution in [3.63, 3.8) is 0 Å². The monoisotopic (exact) mass is 318 g/mol. The predicted octanol–water partition coefficient (Wildman–Crippen LogP) is 3.69. The Kier molecular flexibility index (Phi) is 4.07. The van der Waals surface area contributed by atoms with E-state index in [4.69, 9.17) is 0 Å². The third-order valence-electron chi connectivity index (χ3n) is 7.62. The maximum Gasteiger partial charge on any atom is 0.145 e. The van der Waals surface area contributed by atoms with Crippen molar-refractivity contribution in [3.05, 3.63) is 11.6 Å². The molecule has 23 heavy (non-hydrogen) atoms. The molecule has 0 saturated heterocycles. The molecule has 128 valence electrons. The summed E-state index contributed by atoms with van der Waals surface area (Å²) in [5.74, 6) is 0.721. The first-order valence-corrected chi connectivity index (χ1v) is 9.09. The summed E-state index contributed by atoms with van der Waals surface area (Å²) in [6.07, 6.45) is 9.52. The summed E-state index contributed by atoms with van der Waals surface area (Å²) in [4.78, 5) is 23.4. The average molecular weight is 318 g/mol. The second-order valence-corrected chi connectivity index (χ2v) is 9.07. The van der Waals surface area contributed by atoms with E-state index in [1.165, 1.54) is 12.8 Å². The molecule has 0 aromatic carbocycles. The molecule has 1 unspecified atom stereocenters. The first kappa shape index (κ1) is 16.9. The van der Waals surface area contributed by atoms with Crippen LogP contribution in [0, 0.1) is 28.1 Å². The maximum atomic E-state index is 12.2. The molecular formula is C20H30O3. The summed E-state index contributed by atoms with van der Waals surface area (Å²) in [6, 6.07) is 0. The third kappa shape index (κ3) is 2.34. The van der Waals surface area contributed by atoms with Crippen LogP contribution in [0.1, 0.15) is 65.7 Å². The van der Waals surface area contributed by atoms with Gasteiger partial charge < -0.3 is 9.90 Å². The van der Waals surface area contributed by atoms with E-state index in [0.29, 0.717) is 17.9 Å². The number of aliphatic hydroxyl groups is 1. The van der Waals surface area contributed by atoms with E-state index >= 15 is 0 Å². The molecule has 3 heteroatoms. The number of carbonyl (C=O) groups is 2. The fraction of sp³-hybridized carbons (Fsp3) is 0.800. The van der Waals surface area contributed by atoms with Crippen LogP contribution < -0.4 is 0 Å². The number of hydrogen-bond acceptors (Lipinski definition) is 3. The largest absolute Gasteiger partial charge is 0.392 e. The molecule has 2 saturated carbocycles. The molecule has 3 nitrogen and oxygen atoms in total. The van der Waals surface area contributed by atoms with Crippen molar-refractivity contribution < 1.29 is 14.7 Å². The molecule has 3 rings (SSSR count). The van der Waals surface area contributed by atoms with E-state index in [0.717, 1.165) is 38.3 Å². The summed E-state index contributed by atoms with van der Waals surface area (Å²) >= 11 is 0. The molecular weight excluding hydrogens is 288 g/mol. The number of hydrogen-bond donors (Lipinski definition) is 1. The van der Waals surface area contributed by atoms with Gasteiger partial charge in [-0.15, -0.1) is 0 Å². The topological polar surface area (TPSA) is 54.4 Å². The lowest BCUT2D eigenvalue weighted by Gasteiger charge is -2.62. The van der Waals surface area contributed by atoms with Gasteiger partial charge in [0.1, 0.15) is 12.6 Å². The van der Waals surface area contributed by atoms with Crippen LogP contribution in [0.4, 0.5) is 0 Å². The highest BCUT2D eigenvalue weighted by molar-refractivity contribution is 5.74. The van der Waals surface area contributed by atoms with Gasteiger partial charge in [0.2, 0.25) is 0 Å². The molecule has 0 amide bonds. The van der Waals surface area contributed by atoms with Gasteiger partial charge in [-0.1, -0.05) is 33.3 Å². The quantitative estimate of drug-likeness (QED) is 0.790. The summed E-state index contributed by atoms with van der Waals surface area (Å²) < 4.78 is 0. The molecule has 1 N–H and O–H groups in total. The third-order valence-corrected chi connectivity index (χ3v) is 7.62. The number of rotatable bonds is 2. The Hall–Kier alpha value is -0.960. The van der Waals surface area contributed by atoms with Gasteiger partial charge in [0, 0.05) is 6.42 Å². The minimum Gasteiger partial charge on any atom is -0.392 e. The van der Waals surface area contributed by atoms with Crippen molar-refractivity contribution in [2.75, 3.05) is 0 Å². The lowest BCUT2D eigenvalue weighted by Crippen LogP contribution is -2.59. The summed E-state index contributed by atoms with van der Waals surface area (Å²) in [7, 11) is 0. The molecule has 0 heterocycles. The van der Waals surface area contributed by atoms with E-state index in [2.05, 4.69) is 20.8 Å². The fourth-order valence-corrected chi connectivity index (χ4v) is 6.46. The van der Waals surface area contributed by atoms with E-state index < -0.39 is 11.5 Å². The minimum absolute atomic E-state index is 0.0662. The Balaban J connectivity index is 2.08. The highest BCUT2D eigenvalue weighted by Gasteiger charge is 2.61. The number of aldehydes is 2. The van der Waals surface area contributed by atoms with Gasteiger partial charge in [-0.25, -0.2) is 0 Å². The van der Waals surface area contributed by atoms with Gasteiger partial charge in [0.05, 0.1) is 11.5 Å². The normalized spacial score (nSPS) is 45.9. The molecule has 0 spiro atoms. The van der Waals surface area contributed by atoms with Crippen LogP contribution >= 0.6 is 0 Å². The van der Waals surface area contributed by atoms with E-state index in [1.54, 1.807) is 0 Å². The smallest absolute Gasteiger partial charge is 0.145 e. The minimum atomic E-state index is -0.730. The van der Waals surface area contributed by atoms with Gasteiger partial charge in [-0.3, -0.25) is 4.79 Å². The van der Waals surface area contributed by atoms with Crippen LogP contribution in [-0.4, -0.2) is 23.8 Å². The standard InChI is InChI=1S/C20H30O3/c1-18(2)8-4-9-19(3)15(18)7-10-20(13-22)16(19)6-5-14(12-21)11-17(20)23/h5,12-13,15-17,23H,4,6-11H2,1-3H3/t15?,16-,17-,19+,20+/m1/s1. The maximum absolute atomic E-state index is 12.2. The van der Waals surface area contributed by atoms with Crippen LogP contribution in [0.5, 0.6) is 0 Å². The van der Waals surface area contributed by atoms with Gasteiger partial charge in [0.25, 0.3) is 0 Å². The first-order valence-electron chi connectivity index (χ1n) is 9.09. The van der Waals surface area contributed by atoms with E-state index in [-0.39, 0.29) is 16.7 Å². The zero-order valence-corrected chi connectivity index (χ0v) is 14.7. The molecule has 0 aromatic rings. The molecule has 0 bridgehead atoms. The Bertz CT molecular complexity index is 535. The van der Waals surface area contributed by atoms with Gasteiger partial charge in [-0.2, -0.15) is 0 Å². The second-order valence-electron chi connectivity index (χ2n) is 9.07. The summed E-state index contributed by atoms with van der Waals surface area (Å²) in [5, 5.41) is 10.8. The highest BCUT2D eigenvalue weighted by Crippen LogP contribution is 2.66. The van der Waals surface area contributed by atoms with Gasteiger partial charge in [0.15, 0.2) is 0 Å². The second kappa shape index (κ2) is 5.54. The molecule has 0 aromatic heterocycles. The number of allylic oxidation sites excluding steroid dienone is 1. The lowest BCUT2D eigenvalue weighted by molar-refractivity contribution is -0.170. The molecule has 3 aliphatic rings. The Morgan fingerprint density at radius 2 is 1.87 bits per heavy atom. The molecule has 0 radical (unpaired) electrons. The van der Waals surface area contributed by atoms with Crippen molar-refractivity contribution in [1.29, 1.82) is 0 Å². The molecule has 0 aliphatic heterocycles. The first-order chi connectivity index (χ1) is 10.8. The lowest BCUT2D eigenvalue weighted by atomic mass is 9.42. The number of fused-ring (bicyclic) bond motifs is 3. The zero-order chi connectivity index (χ0) is 16.9. The van der Waals surface area contributed by atoms with Crippen LogP contribution in [0.25, 0.3) is 0 Å². The van der Waals surface area contributed by atoms with E-state index in [1.807, 2.05) is 6.08 Å². The molecule has 2 fully saturated rings. The molecule has 5 atom stereocenters. The van der Waals surface area contributed by atoms with Crippen molar-refractivity contribution >= 4 is 12.6 Å². The van der Waals surface area contributed by atoms with Gasteiger partial charge >= 0.3 is 0 Å². The van der Waals surface area contributed by atoms with Crippen LogP contribution in [0.3, 0.4) is 0 Å². The highest BCUT2D eigenvalue weighted by atomic mass is 16.3. The predicted molar refractivity (Wildman–Crippen MR) is 89.8 cm³/mol. The van der Waals surface area contributed by atoms with Crippen LogP contribution in [0.15, 0.2) is 11.6 Å².